The fourth-order valence-corrected chi connectivity index (χ4v) is 6.13. The number of nitrogens with one attached hydrogen (secondary N) is 2. The maximum Gasteiger partial charge on any atom is 0.416 e. The molecule has 1 atom stereocenters. The first-order valence-electron chi connectivity index (χ1n) is 13.3. The van der Waals surface area contributed by atoms with Crippen molar-refractivity contribution in [2.24, 2.45) is 11.7 Å². The fourth-order valence-electron chi connectivity index (χ4n) is 5.54. The third-order valence-electron chi connectivity index (χ3n) is 7.70. The van der Waals surface area contributed by atoms with Crippen LogP contribution in [-0.2, 0) is 15.8 Å². The molecule has 41 heavy (non-hydrogen) atoms. The highest BCUT2D eigenvalue weighted by atomic mass is 35.5. The molecule has 1 aromatic carbocycles. The van der Waals surface area contributed by atoms with Crippen molar-refractivity contribution >= 4 is 63.8 Å². The van der Waals surface area contributed by atoms with Gasteiger partial charge in [0.05, 0.1) is 27.5 Å². The molecule has 1 saturated carbocycles. The normalized spacial score (nSPS) is 21.6. The van der Waals surface area contributed by atoms with Gasteiger partial charge in [-0.3, -0.25) is 14.2 Å². The number of carbonyl (C=O) groups excluding carboxylic acids is 2. The second-order valence-electron chi connectivity index (χ2n) is 10.5. The Balaban J connectivity index is 1.51. The van der Waals surface area contributed by atoms with Crippen LogP contribution in [0.4, 0.5) is 30.8 Å². The zero-order valence-electron chi connectivity index (χ0n) is 22.1. The number of fused-ring (bicyclic) bond motifs is 1. The Labute approximate surface area is 243 Å². The van der Waals surface area contributed by atoms with E-state index >= 15 is 0 Å². The summed E-state index contributed by atoms with van der Waals surface area (Å²) in [5.41, 5.74) is 5.58. The van der Waals surface area contributed by atoms with Crippen LogP contribution >= 0.6 is 23.2 Å². The van der Waals surface area contributed by atoms with E-state index in [0.29, 0.717) is 55.9 Å². The summed E-state index contributed by atoms with van der Waals surface area (Å²) in [4.78, 5) is 39.2. The smallest absolute Gasteiger partial charge is 0.369 e. The monoisotopic (exact) mass is 612 g/mol. The molecule has 2 aliphatic rings. The Kier molecular flexibility index (Phi) is 8.20. The van der Waals surface area contributed by atoms with Gasteiger partial charge in [0.1, 0.15) is 5.52 Å². The molecular formula is C26H29Cl2F3N8O2. The number of hydrogen-bond acceptors (Lipinski definition) is 7. The first-order chi connectivity index (χ1) is 19.4. The zero-order valence-corrected chi connectivity index (χ0v) is 23.7. The van der Waals surface area contributed by atoms with Gasteiger partial charge in [-0.2, -0.15) is 18.2 Å². The average molecular weight is 613 g/mol. The van der Waals surface area contributed by atoms with Gasteiger partial charge in [-0.15, -0.1) is 0 Å². The van der Waals surface area contributed by atoms with Crippen molar-refractivity contribution in [1.29, 1.82) is 0 Å². The van der Waals surface area contributed by atoms with E-state index in [2.05, 4.69) is 20.6 Å². The van der Waals surface area contributed by atoms with Gasteiger partial charge in [-0.25, -0.2) is 9.97 Å². The van der Waals surface area contributed by atoms with E-state index < -0.39 is 11.7 Å². The van der Waals surface area contributed by atoms with Gasteiger partial charge in [0.2, 0.25) is 23.7 Å². The summed E-state index contributed by atoms with van der Waals surface area (Å²) in [6.45, 7) is 2.78. The predicted molar refractivity (Wildman–Crippen MR) is 149 cm³/mol. The van der Waals surface area contributed by atoms with Gasteiger partial charge in [0.25, 0.3) is 0 Å². The number of alkyl halides is 3. The highest BCUT2D eigenvalue weighted by Crippen LogP contribution is 2.42. The Bertz CT molecular complexity index is 1450. The molecule has 5 rings (SSSR count). The third-order valence-corrected chi connectivity index (χ3v) is 8.30. The Morgan fingerprint density at radius 1 is 1.07 bits per heavy atom. The lowest BCUT2D eigenvalue weighted by molar-refractivity contribution is -0.137. The Hall–Kier alpha value is -3.32. The molecule has 0 radical (unpaired) electrons. The molecule has 10 nitrogen and oxygen atoms in total. The number of benzene rings is 1. The molecule has 2 amide bonds. The predicted octanol–water partition coefficient (Wildman–Crippen LogP) is 5.53. The van der Waals surface area contributed by atoms with Crippen LogP contribution in [0.1, 0.15) is 57.1 Å². The lowest BCUT2D eigenvalue weighted by Crippen LogP contribution is -2.44. The van der Waals surface area contributed by atoms with E-state index in [1.54, 1.807) is 18.0 Å². The van der Waals surface area contributed by atoms with E-state index in [1.807, 2.05) is 4.57 Å². The summed E-state index contributed by atoms with van der Waals surface area (Å²) in [7, 11) is 0. The van der Waals surface area contributed by atoms with Crippen LogP contribution in [0.25, 0.3) is 11.2 Å². The van der Waals surface area contributed by atoms with E-state index in [-0.39, 0.29) is 51.5 Å². The summed E-state index contributed by atoms with van der Waals surface area (Å²) in [6, 6.07) is 1.43. The minimum absolute atomic E-state index is 0.00816. The lowest BCUT2D eigenvalue weighted by Gasteiger charge is -2.32. The first kappa shape index (κ1) is 29.2. The highest BCUT2D eigenvalue weighted by Gasteiger charge is 2.33. The SMILES string of the molecule is CC(=O)N1CCC[C@@H](Nc2ncc3nc(Nc4c(Cl)cc(C(F)(F)F)cc4Cl)n([C@H]4CC[C@@H](C(N)=O)CC4)c3n2)C1. The van der Waals surface area contributed by atoms with Gasteiger partial charge in [-0.05, 0) is 50.7 Å². The highest BCUT2D eigenvalue weighted by molar-refractivity contribution is 6.39. The second kappa shape index (κ2) is 11.5. The van der Waals surface area contributed by atoms with Crippen molar-refractivity contribution in [1.82, 2.24) is 24.4 Å². The fraction of sp³-hybridized carbons (Fsp3) is 0.500. The van der Waals surface area contributed by atoms with Crippen LogP contribution in [0.3, 0.4) is 0 Å². The zero-order chi connectivity index (χ0) is 29.5. The van der Waals surface area contributed by atoms with Gasteiger partial charge in [0.15, 0.2) is 5.65 Å². The van der Waals surface area contributed by atoms with Crippen molar-refractivity contribution in [3.8, 4) is 0 Å². The Morgan fingerprint density at radius 3 is 2.37 bits per heavy atom. The van der Waals surface area contributed by atoms with Crippen LogP contribution in [0, 0.1) is 5.92 Å². The first-order valence-corrected chi connectivity index (χ1v) is 14.1. The number of halogens is 5. The second-order valence-corrected chi connectivity index (χ2v) is 11.3. The molecule has 2 aromatic heterocycles. The number of aromatic nitrogens is 4. The number of amides is 2. The van der Waals surface area contributed by atoms with E-state index in [1.165, 1.54) is 0 Å². The maximum absolute atomic E-state index is 13.3. The molecule has 0 spiro atoms. The summed E-state index contributed by atoms with van der Waals surface area (Å²) in [5.74, 6) is 0.0592. The molecule has 2 fully saturated rings. The third kappa shape index (κ3) is 6.30. The van der Waals surface area contributed by atoms with Gasteiger partial charge < -0.3 is 21.3 Å². The number of piperidine rings is 1. The van der Waals surface area contributed by atoms with Crippen molar-refractivity contribution in [3.05, 3.63) is 33.9 Å². The Morgan fingerprint density at radius 2 is 1.76 bits per heavy atom. The van der Waals surface area contributed by atoms with E-state index in [9.17, 15) is 22.8 Å². The van der Waals surface area contributed by atoms with E-state index in [4.69, 9.17) is 33.9 Å². The number of nitrogens with two attached hydrogens (primary N) is 1. The molecular weight excluding hydrogens is 584 g/mol. The summed E-state index contributed by atoms with van der Waals surface area (Å²) < 4.78 is 41.7. The standard InChI is InChI=1S/C26H29Cl2F3N8O2/c1-13(40)38-8-2-3-16(12-38)34-24-33-11-20-23(37-24)39(17-6-4-14(5-7-17)22(32)41)25(35-20)36-21-18(27)9-15(10-19(21)28)26(29,30)31/h9-11,14,16-17H,2-8,12H2,1H3,(H2,32,41)(H,35,36)(H,33,34,37)/t14-,16-,17+/m1/s1. The average Bonchev–Trinajstić information content (AvgIpc) is 3.27. The van der Waals surface area contributed by atoms with Crippen LogP contribution in [0.5, 0.6) is 0 Å². The van der Waals surface area contributed by atoms with Crippen LogP contribution in [0.15, 0.2) is 18.3 Å². The molecule has 4 N–H and O–H groups in total. The molecule has 15 heteroatoms. The molecule has 3 heterocycles. The molecule has 0 unspecified atom stereocenters. The number of carbonyl (C=O) groups is 2. The maximum atomic E-state index is 13.3. The van der Waals surface area contributed by atoms with Gasteiger partial charge in [0, 0.05) is 38.0 Å². The van der Waals surface area contributed by atoms with Crippen molar-refractivity contribution < 1.29 is 22.8 Å². The molecule has 0 bridgehead atoms. The quantitative estimate of drug-likeness (QED) is 0.333. The number of likely N-dealkylation sites (tertiary alicyclic amines) is 1. The van der Waals surface area contributed by atoms with Crippen molar-refractivity contribution in [3.63, 3.8) is 0 Å². The number of rotatable bonds is 6. The van der Waals surface area contributed by atoms with Gasteiger partial charge in [-0.1, -0.05) is 23.2 Å². The number of anilines is 3. The van der Waals surface area contributed by atoms with Crippen molar-refractivity contribution in [2.75, 3.05) is 23.7 Å². The molecule has 1 aliphatic carbocycles. The van der Waals surface area contributed by atoms with Gasteiger partial charge >= 0.3 is 6.18 Å². The molecule has 1 saturated heterocycles. The number of imidazole rings is 1. The largest absolute Gasteiger partial charge is 0.416 e. The molecule has 3 aromatic rings. The summed E-state index contributed by atoms with van der Waals surface area (Å²) >= 11 is 12.5. The molecule has 220 valence electrons. The summed E-state index contributed by atoms with van der Waals surface area (Å²) in [6.07, 6.45) is 0.985. The number of hydrogen-bond donors (Lipinski definition) is 3. The lowest BCUT2D eigenvalue weighted by atomic mass is 9.85. The number of nitrogens with zero attached hydrogens (tertiary/aromatic N) is 5. The molecule has 1 aliphatic heterocycles. The van der Waals surface area contributed by atoms with Crippen LogP contribution in [0.2, 0.25) is 10.0 Å². The van der Waals surface area contributed by atoms with Crippen molar-refractivity contribution in [2.45, 2.75) is 63.7 Å². The topological polar surface area (TPSA) is 131 Å². The van der Waals surface area contributed by atoms with E-state index in [0.717, 1.165) is 25.0 Å². The minimum Gasteiger partial charge on any atom is -0.369 e. The van der Waals surface area contributed by atoms with Crippen LogP contribution in [-0.4, -0.2) is 55.4 Å². The number of primary amides is 1. The minimum atomic E-state index is -4.61. The van der Waals surface area contributed by atoms with Crippen LogP contribution < -0.4 is 16.4 Å². The summed E-state index contributed by atoms with van der Waals surface area (Å²) in [5, 5.41) is 5.90.